The highest BCUT2D eigenvalue weighted by molar-refractivity contribution is 5.66. The average Bonchev–Trinajstić information content (AvgIpc) is 2.66. The molecule has 0 N–H and O–H groups in total. The molecular weight excluding hydrogens is 326 g/mol. The van der Waals surface area contributed by atoms with Gasteiger partial charge in [0, 0.05) is 12.8 Å². The molecule has 2 aromatic carbocycles. The van der Waals surface area contributed by atoms with E-state index in [0.29, 0.717) is 12.8 Å². The summed E-state index contributed by atoms with van der Waals surface area (Å²) < 4.78 is 26.6. The first-order valence-electron chi connectivity index (χ1n) is 9.82. The van der Waals surface area contributed by atoms with E-state index < -0.39 is 5.92 Å². The maximum Gasteiger partial charge on any atom is 0.248 e. The molecule has 1 aliphatic rings. The van der Waals surface area contributed by atoms with Crippen molar-refractivity contribution in [1.29, 1.82) is 0 Å². The summed E-state index contributed by atoms with van der Waals surface area (Å²) in [5.74, 6) is -2.18. The molecule has 0 amide bonds. The first-order chi connectivity index (χ1) is 12.6. The zero-order valence-electron chi connectivity index (χ0n) is 15.6. The third-order valence-corrected chi connectivity index (χ3v) is 5.38. The maximum atomic E-state index is 13.3. The summed E-state index contributed by atoms with van der Waals surface area (Å²) in [5.41, 5.74) is 4.79. The summed E-state index contributed by atoms with van der Waals surface area (Å²) in [5, 5.41) is 0. The van der Waals surface area contributed by atoms with Gasteiger partial charge in [-0.25, -0.2) is 8.78 Å². The van der Waals surface area contributed by atoms with Crippen LogP contribution in [0.3, 0.4) is 0 Å². The molecule has 1 saturated carbocycles. The Morgan fingerprint density at radius 2 is 1.50 bits per heavy atom. The fraction of sp³-hybridized carbons (Fsp3) is 0.417. The molecule has 26 heavy (non-hydrogen) atoms. The van der Waals surface area contributed by atoms with Gasteiger partial charge in [0.05, 0.1) is 0 Å². The molecule has 0 aromatic heterocycles. The van der Waals surface area contributed by atoms with Crippen LogP contribution in [-0.4, -0.2) is 5.92 Å². The summed E-state index contributed by atoms with van der Waals surface area (Å²) in [6, 6.07) is 17.1. The Morgan fingerprint density at radius 3 is 2.08 bits per heavy atom. The van der Waals surface area contributed by atoms with Gasteiger partial charge in [-0.05, 0) is 47.4 Å². The van der Waals surface area contributed by atoms with Gasteiger partial charge < -0.3 is 0 Å². The van der Waals surface area contributed by atoms with Crippen molar-refractivity contribution in [2.24, 2.45) is 0 Å². The van der Waals surface area contributed by atoms with Crippen molar-refractivity contribution in [3.05, 3.63) is 65.7 Å². The normalized spacial score (nSPS) is 17.7. The molecule has 2 heteroatoms. The molecule has 0 spiro atoms. The minimum atomic E-state index is -2.46. The summed E-state index contributed by atoms with van der Waals surface area (Å²) in [7, 11) is 0. The molecule has 3 rings (SSSR count). The Bertz CT molecular complexity index is 701. The SMILES string of the molecule is CCCCC=Cc1ccc(-c2ccc(C3CCC(F)(F)CC3)cc2)cc1. The second-order valence-corrected chi connectivity index (χ2v) is 7.42. The molecule has 0 heterocycles. The van der Waals surface area contributed by atoms with E-state index in [2.05, 4.69) is 67.6 Å². The van der Waals surface area contributed by atoms with Crippen molar-refractivity contribution in [3.63, 3.8) is 0 Å². The lowest BCUT2D eigenvalue weighted by atomic mass is 9.82. The molecule has 138 valence electrons. The molecule has 0 bridgehead atoms. The lowest BCUT2D eigenvalue weighted by Gasteiger charge is -2.28. The number of rotatable bonds is 6. The van der Waals surface area contributed by atoms with Crippen molar-refractivity contribution >= 4 is 6.08 Å². The van der Waals surface area contributed by atoms with Crippen LogP contribution in [0.25, 0.3) is 17.2 Å². The van der Waals surface area contributed by atoms with E-state index >= 15 is 0 Å². The molecular formula is C24H28F2. The molecule has 0 atom stereocenters. The molecule has 0 saturated heterocycles. The molecule has 0 aliphatic heterocycles. The predicted molar refractivity (Wildman–Crippen MR) is 107 cm³/mol. The maximum absolute atomic E-state index is 13.3. The van der Waals surface area contributed by atoms with E-state index in [4.69, 9.17) is 0 Å². The van der Waals surface area contributed by atoms with Crippen LogP contribution in [0.1, 0.15) is 68.9 Å². The number of unbranched alkanes of at least 4 members (excludes halogenated alkanes) is 2. The molecule has 0 nitrogen and oxygen atoms in total. The smallest absolute Gasteiger partial charge is 0.207 e. The summed E-state index contributed by atoms with van der Waals surface area (Å²) in [4.78, 5) is 0. The highest BCUT2D eigenvalue weighted by Gasteiger charge is 2.35. The second kappa shape index (κ2) is 8.62. The highest BCUT2D eigenvalue weighted by Crippen LogP contribution is 2.41. The van der Waals surface area contributed by atoms with Gasteiger partial charge in [-0.15, -0.1) is 0 Å². The number of hydrogen-bond acceptors (Lipinski definition) is 0. The molecule has 0 unspecified atom stereocenters. The van der Waals surface area contributed by atoms with Crippen molar-refractivity contribution in [3.8, 4) is 11.1 Å². The number of alkyl halides is 2. The van der Waals surface area contributed by atoms with E-state index in [1.165, 1.54) is 35.1 Å². The minimum absolute atomic E-state index is 0.0205. The highest BCUT2D eigenvalue weighted by atomic mass is 19.3. The van der Waals surface area contributed by atoms with Crippen LogP contribution in [0.5, 0.6) is 0 Å². The third kappa shape index (κ3) is 5.03. The number of hydrogen-bond donors (Lipinski definition) is 0. The van der Waals surface area contributed by atoms with Gasteiger partial charge in [-0.2, -0.15) is 0 Å². The zero-order chi connectivity index (χ0) is 18.4. The summed E-state index contributed by atoms with van der Waals surface area (Å²) >= 11 is 0. The molecule has 1 fully saturated rings. The third-order valence-electron chi connectivity index (χ3n) is 5.38. The van der Waals surface area contributed by atoms with Crippen molar-refractivity contribution in [2.75, 3.05) is 0 Å². The standard InChI is InChI=1S/C24H28F2/c1-2-3-4-5-6-19-7-9-20(10-8-19)21-11-13-22(14-12-21)23-15-17-24(25,26)18-16-23/h5-14,23H,2-4,15-18H2,1H3. The van der Waals surface area contributed by atoms with Gasteiger partial charge >= 0.3 is 0 Å². The topological polar surface area (TPSA) is 0 Å². The van der Waals surface area contributed by atoms with Crippen LogP contribution in [0.4, 0.5) is 8.78 Å². The Morgan fingerprint density at radius 1 is 0.923 bits per heavy atom. The minimum Gasteiger partial charge on any atom is -0.207 e. The van der Waals surface area contributed by atoms with Crippen LogP contribution in [0, 0.1) is 0 Å². The van der Waals surface area contributed by atoms with Gasteiger partial charge in [0.15, 0.2) is 0 Å². The number of benzene rings is 2. The van der Waals surface area contributed by atoms with Gasteiger partial charge in [-0.3, -0.25) is 0 Å². The van der Waals surface area contributed by atoms with E-state index in [9.17, 15) is 8.78 Å². The van der Waals surface area contributed by atoms with E-state index in [-0.39, 0.29) is 18.8 Å². The molecule has 1 aliphatic carbocycles. The Kier molecular flexibility index (Phi) is 6.24. The van der Waals surface area contributed by atoms with E-state index in [1.54, 1.807) is 0 Å². The van der Waals surface area contributed by atoms with Gasteiger partial charge in [0.1, 0.15) is 0 Å². The van der Waals surface area contributed by atoms with Crippen molar-refractivity contribution in [1.82, 2.24) is 0 Å². The fourth-order valence-corrected chi connectivity index (χ4v) is 3.65. The van der Waals surface area contributed by atoms with Crippen molar-refractivity contribution < 1.29 is 8.78 Å². The average molecular weight is 354 g/mol. The Labute approximate surface area is 156 Å². The van der Waals surface area contributed by atoms with Crippen LogP contribution >= 0.6 is 0 Å². The first kappa shape index (κ1) is 18.8. The first-order valence-corrected chi connectivity index (χ1v) is 9.82. The van der Waals surface area contributed by atoms with Crippen LogP contribution in [0.2, 0.25) is 0 Å². The molecule has 2 aromatic rings. The van der Waals surface area contributed by atoms with Crippen molar-refractivity contribution in [2.45, 2.75) is 63.7 Å². The van der Waals surface area contributed by atoms with Gasteiger partial charge in [0.2, 0.25) is 5.92 Å². The second-order valence-electron chi connectivity index (χ2n) is 7.42. The fourth-order valence-electron chi connectivity index (χ4n) is 3.65. The predicted octanol–water partition coefficient (Wildman–Crippen LogP) is 7.85. The zero-order valence-corrected chi connectivity index (χ0v) is 15.6. The lowest BCUT2D eigenvalue weighted by Crippen LogP contribution is -2.23. The van der Waals surface area contributed by atoms with E-state index in [0.717, 1.165) is 6.42 Å². The van der Waals surface area contributed by atoms with E-state index in [1.807, 2.05) is 0 Å². The van der Waals surface area contributed by atoms with Crippen LogP contribution in [0.15, 0.2) is 54.6 Å². The number of allylic oxidation sites excluding steroid dienone is 1. The van der Waals surface area contributed by atoms with Crippen LogP contribution in [-0.2, 0) is 0 Å². The lowest BCUT2D eigenvalue weighted by molar-refractivity contribution is -0.0382. The largest absolute Gasteiger partial charge is 0.248 e. The number of halogens is 2. The Balaban J connectivity index is 1.62. The van der Waals surface area contributed by atoms with Gasteiger partial charge in [0.25, 0.3) is 0 Å². The van der Waals surface area contributed by atoms with Crippen LogP contribution < -0.4 is 0 Å². The Hall–Kier alpha value is -1.96. The monoisotopic (exact) mass is 354 g/mol. The molecule has 0 radical (unpaired) electrons. The summed E-state index contributed by atoms with van der Waals surface area (Å²) in [6.45, 7) is 2.21. The van der Waals surface area contributed by atoms with Gasteiger partial charge in [-0.1, -0.05) is 80.4 Å². The summed E-state index contributed by atoms with van der Waals surface area (Å²) in [6.07, 6.45) is 9.23. The quantitative estimate of drug-likeness (QED) is 0.463.